The van der Waals surface area contributed by atoms with Crippen LogP contribution in [0.2, 0.25) is 5.02 Å². The molecule has 1 N–H and O–H groups in total. The van der Waals surface area contributed by atoms with E-state index in [2.05, 4.69) is 10.4 Å². The summed E-state index contributed by atoms with van der Waals surface area (Å²) in [5, 5.41) is 7.52. The van der Waals surface area contributed by atoms with E-state index in [-0.39, 0.29) is 10.6 Å². The molecule has 0 radical (unpaired) electrons. The van der Waals surface area contributed by atoms with Crippen LogP contribution in [0.15, 0.2) is 35.3 Å². The van der Waals surface area contributed by atoms with Gasteiger partial charge in [0.1, 0.15) is 5.02 Å². The van der Waals surface area contributed by atoms with Crippen LogP contribution < -0.4 is 10.9 Å². The van der Waals surface area contributed by atoms with Gasteiger partial charge in [-0.15, -0.1) is 0 Å². The van der Waals surface area contributed by atoms with Crippen LogP contribution in [0.4, 0.5) is 5.69 Å². The minimum atomic E-state index is -0.538. The summed E-state index contributed by atoms with van der Waals surface area (Å²) in [7, 11) is 1.29. The molecule has 1 aliphatic rings. The van der Waals surface area contributed by atoms with Crippen molar-refractivity contribution in [2.45, 2.75) is 31.7 Å². The third kappa shape index (κ3) is 3.14. The maximum atomic E-state index is 12.6. The molecule has 0 amide bonds. The van der Waals surface area contributed by atoms with Gasteiger partial charge in [0, 0.05) is 6.04 Å². The highest BCUT2D eigenvalue weighted by Gasteiger charge is 2.20. The van der Waals surface area contributed by atoms with Crippen molar-refractivity contribution in [1.29, 1.82) is 0 Å². The van der Waals surface area contributed by atoms with Crippen LogP contribution in [-0.2, 0) is 4.74 Å². The molecule has 0 spiro atoms. The number of ether oxygens (including phenoxy) is 1. The monoisotopic (exact) mass is 347 g/mol. The fourth-order valence-corrected chi connectivity index (χ4v) is 3.12. The number of esters is 1. The van der Waals surface area contributed by atoms with E-state index in [0.29, 0.717) is 17.4 Å². The molecule has 2 aromatic rings. The summed E-state index contributed by atoms with van der Waals surface area (Å²) in [6, 6.07) is 6.93. The number of benzene rings is 1. The van der Waals surface area contributed by atoms with E-state index < -0.39 is 11.5 Å². The number of hydrogen-bond donors (Lipinski definition) is 1. The predicted octanol–water partition coefficient (Wildman–Crippen LogP) is 3.03. The van der Waals surface area contributed by atoms with E-state index in [1.165, 1.54) is 26.1 Å². The van der Waals surface area contributed by atoms with Crippen LogP contribution in [0.5, 0.6) is 0 Å². The van der Waals surface area contributed by atoms with Crippen molar-refractivity contribution in [3.05, 3.63) is 51.4 Å². The minimum Gasteiger partial charge on any atom is -0.465 e. The Labute approximate surface area is 144 Å². The smallest absolute Gasteiger partial charge is 0.340 e. The number of rotatable bonds is 4. The first-order valence-electron chi connectivity index (χ1n) is 7.84. The molecule has 0 aliphatic heterocycles. The number of hydrogen-bond acceptors (Lipinski definition) is 5. The zero-order valence-corrected chi connectivity index (χ0v) is 14.0. The van der Waals surface area contributed by atoms with Crippen molar-refractivity contribution in [1.82, 2.24) is 9.78 Å². The molecular weight excluding hydrogens is 330 g/mol. The fourth-order valence-electron chi connectivity index (χ4n) is 2.94. The van der Waals surface area contributed by atoms with Gasteiger partial charge >= 0.3 is 5.97 Å². The molecule has 0 bridgehead atoms. The van der Waals surface area contributed by atoms with Gasteiger partial charge < -0.3 is 10.1 Å². The maximum Gasteiger partial charge on any atom is 0.340 e. The topological polar surface area (TPSA) is 73.2 Å². The molecule has 1 aromatic heterocycles. The Morgan fingerprint density at radius 2 is 2.04 bits per heavy atom. The molecule has 1 heterocycles. The number of nitrogens with zero attached hydrogens (tertiary/aromatic N) is 2. The van der Waals surface area contributed by atoms with E-state index >= 15 is 0 Å². The summed E-state index contributed by atoms with van der Waals surface area (Å²) in [4.78, 5) is 24.5. The second-order valence-electron chi connectivity index (χ2n) is 5.72. The molecular formula is C17H18ClN3O3. The van der Waals surface area contributed by atoms with E-state index in [0.717, 1.165) is 17.5 Å². The molecule has 7 heteroatoms. The van der Waals surface area contributed by atoms with Crippen molar-refractivity contribution in [2.24, 2.45) is 0 Å². The molecule has 24 heavy (non-hydrogen) atoms. The molecule has 0 saturated heterocycles. The Hall–Kier alpha value is -2.34. The Balaban J connectivity index is 2.00. The van der Waals surface area contributed by atoms with Crippen molar-refractivity contribution in [3.8, 4) is 5.69 Å². The Morgan fingerprint density at radius 3 is 2.75 bits per heavy atom. The number of anilines is 1. The van der Waals surface area contributed by atoms with Crippen LogP contribution in [0.3, 0.4) is 0 Å². The van der Waals surface area contributed by atoms with E-state index in [4.69, 9.17) is 16.3 Å². The van der Waals surface area contributed by atoms with Crippen molar-refractivity contribution >= 4 is 23.3 Å². The second-order valence-corrected chi connectivity index (χ2v) is 6.10. The summed E-state index contributed by atoms with van der Waals surface area (Å²) < 4.78 is 5.87. The van der Waals surface area contributed by atoms with Gasteiger partial charge in [0.15, 0.2) is 0 Å². The van der Waals surface area contributed by atoms with Gasteiger partial charge in [-0.25, -0.2) is 4.79 Å². The van der Waals surface area contributed by atoms with E-state index in [1.54, 1.807) is 24.3 Å². The average molecular weight is 348 g/mol. The van der Waals surface area contributed by atoms with Gasteiger partial charge in [-0.1, -0.05) is 36.6 Å². The molecule has 1 aromatic carbocycles. The largest absolute Gasteiger partial charge is 0.465 e. The quantitative estimate of drug-likeness (QED) is 0.860. The lowest BCUT2D eigenvalue weighted by molar-refractivity contribution is 0.0600. The number of halogens is 1. The van der Waals surface area contributed by atoms with Gasteiger partial charge in [-0.05, 0) is 25.0 Å². The maximum absolute atomic E-state index is 12.6. The van der Waals surface area contributed by atoms with Crippen molar-refractivity contribution < 1.29 is 9.53 Å². The Bertz CT molecular complexity index is 813. The SMILES string of the molecule is COC(=O)c1ccccc1-n1ncc(NC2CCCC2)c(Cl)c1=O. The molecule has 1 fully saturated rings. The van der Waals surface area contributed by atoms with Crippen LogP contribution in [0.25, 0.3) is 5.69 Å². The lowest BCUT2D eigenvalue weighted by Gasteiger charge is -2.15. The normalized spacial score (nSPS) is 14.6. The lowest BCUT2D eigenvalue weighted by atomic mass is 10.2. The van der Waals surface area contributed by atoms with Crippen LogP contribution in [0, 0.1) is 0 Å². The highest BCUT2D eigenvalue weighted by atomic mass is 35.5. The van der Waals surface area contributed by atoms with Crippen LogP contribution in [0.1, 0.15) is 36.0 Å². The number of methoxy groups -OCH3 is 1. The Kier molecular flexibility index (Phi) is 4.85. The molecule has 3 rings (SSSR count). The molecule has 6 nitrogen and oxygen atoms in total. The number of aromatic nitrogens is 2. The predicted molar refractivity (Wildman–Crippen MR) is 92.1 cm³/mol. The molecule has 1 aliphatic carbocycles. The molecule has 0 atom stereocenters. The lowest BCUT2D eigenvalue weighted by Crippen LogP contribution is -2.26. The number of carbonyl (C=O) groups is 1. The minimum absolute atomic E-state index is 0.0663. The third-order valence-corrected chi connectivity index (χ3v) is 4.54. The summed E-state index contributed by atoms with van der Waals surface area (Å²) in [5.74, 6) is -0.538. The summed E-state index contributed by atoms with van der Waals surface area (Å²) in [5.41, 5.74) is 0.641. The van der Waals surface area contributed by atoms with Crippen molar-refractivity contribution in [2.75, 3.05) is 12.4 Å². The zero-order valence-electron chi connectivity index (χ0n) is 13.3. The zero-order chi connectivity index (χ0) is 17.1. The number of nitrogens with one attached hydrogen (secondary N) is 1. The van der Waals surface area contributed by atoms with Gasteiger partial charge in [-0.2, -0.15) is 9.78 Å². The fraction of sp³-hybridized carbons (Fsp3) is 0.353. The summed E-state index contributed by atoms with van der Waals surface area (Å²) in [6.45, 7) is 0. The molecule has 1 saturated carbocycles. The standard InChI is InChI=1S/C17H18ClN3O3/c1-24-17(23)12-8-4-5-9-14(12)21-16(22)15(18)13(10-19-21)20-11-6-2-3-7-11/h4-5,8-11,20H,2-3,6-7H2,1H3. The number of carbonyl (C=O) groups excluding carboxylic acids is 1. The summed E-state index contributed by atoms with van der Waals surface area (Å²) in [6.07, 6.45) is 5.99. The van der Waals surface area contributed by atoms with Crippen molar-refractivity contribution in [3.63, 3.8) is 0 Å². The molecule has 126 valence electrons. The highest BCUT2D eigenvalue weighted by Crippen LogP contribution is 2.25. The highest BCUT2D eigenvalue weighted by molar-refractivity contribution is 6.33. The first-order valence-corrected chi connectivity index (χ1v) is 8.21. The van der Waals surface area contributed by atoms with Gasteiger partial charge in [0.25, 0.3) is 5.56 Å². The van der Waals surface area contributed by atoms with Gasteiger partial charge in [0.05, 0.1) is 30.2 Å². The van der Waals surface area contributed by atoms with E-state index in [9.17, 15) is 9.59 Å². The van der Waals surface area contributed by atoms with Gasteiger partial charge in [-0.3, -0.25) is 4.79 Å². The van der Waals surface area contributed by atoms with Gasteiger partial charge in [0.2, 0.25) is 0 Å². The second kappa shape index (κ2) is 7.05. The van der Waals surface area contributed by atoms with E-state index in [1.807, 2.05) is 0 Å². The first kappa shape index (κ1) is 16.5. The third-order valence-electron chi connectivity index (χ3n) is 4.17. The summed E-state index contributed by atoms with van der Waals surface area (Å²) >= 11 is 6.24. The van der Waals surface area contributed by atoms with Crippen LogP contribution >= 0.6 is 11.6 Å². The molecule has 0 unspecified atom stereocenters. The number of para-hydroxylation sites is 1. The van der Waals surface area contributed by atoms with Crippen LogP contribution in [-0.4, -0.2) is 28.9 Å². The first-order chi connectivity index (χ1) is 11.6. The average Bonchev–Trinajstić information content (AvgIpc) is 3.12. The Morgan fingerprint density at radius 1 is 1.33 bits per heavy atom.